The second kappa shape index (κ2) is 7.25. The molecule has 0 atom stereocenters. The normalized spacial score (nSPS) is 11.6. The highest BCUT2D eigenvalue weighted by Gasteiger charge is 2.42. The van der Waals surface area contributed by atoms with E-state index in [0.717, 1.165) is 27.8 Å². The number of halogens is 4. The maximum Gasteiger partial charge on any atom is 0.435 e. The SMILES string of the molecule is CN(C(=O)c1nnn(-c2cccc(F)c2)c1C(F)(F)F)c1ccc2ccccc2c1. The number of carbonyl (C=O) groups excluding carboxylic acids is 1. The van der Waals surface area contributed by atoms with Crippen molar-refractivity contribution in [1.29, 1.82) is 0 Å². The Bertz CT molecular complexity index is 1250. The summed E-state index contributed by atoms with van der Waals surface area (Å²) in [5, 5.41) is 8.70. The van der Waals surface area contributed by atoms with Gasteiger partial charge in [-0.1, -0.05) is 41.6 Å². The van der Waals surface area contributed by atoms with Crippen LogP contribution in [-0.2, 0) is 6.18 Å². The van der Waals surface area contributed by atoms with Gasteiger partial charge in [0.15, 0.2) is 11.4 Å². The highest BCUT2D eigenvalue weighted by molar-refractivity contribution is 6.06. The Labute approximate surface area is 168 Å². The van der Waals surface area contributed by atoms with Gasteiger partial charge in [-0.05, 0) is 41.1 Å². The summed E-state index contributed by atoms with van der Waals surface area (Å²) in [5.41, 5.74) is -2.04. The van der Waals surface area contributed by atoms with Crippen LogP contribution in [0, 0.1) is 5.82 Å². The Kier molecular flexibility index (Phi) is 4.73. The molecule has 4 rings (SSSR count). The first kappa shape index (κ1) is 19.6. The van der Waals surface area contributed by atoms with Crippen molar-refractivity contribution in [2.75, 3.05) is 11.9 Å². The average Bonchev–Trinajstić information content (AvgIpc) is 3.18. The van der Waals surface area contributed by atoms with Crippen LogP contribution in [0.15, 0.2) is 66.7 Å². The van der Waals surface area contributed by atoms with E-state index < -0.39 is 29.3 Å². The van der Waals surface area contributed by atoms with Gasteiger partial charge in [0, 0.05) is 12.7 Å². The fourth-order valence-corrected chi connectivity index (χ4v) is 3.13. The van der Waals surface area contributed by atoms with Crippen LogP contribution in [0.25, 0.3) is 16.5 Å². The molecule has 1 amide bonds. The predicted octanol–water partition coefficient (Wildman–Crippen LogP) is 4.86. The first-order chi connectivity index (χ1) is 14.3. The molecule has 1 heterocycles. The van der Waals surface area contributed by atoms with E-state index in [2.05, 4.69) is 10.3 Å². The largest absolute Gasteiger partial charge is 0.435 e. The Hall–Kier alpha value is -3.75. The van der Waals surface area contributed by atoms with Gasteiger partial charge in [0.05, 0.1) is 5.69 Å². The van der Waals surface area contributed by atoms with E-state index in [1.165, 1.54) is 19.2 Å². The van der Waals surface area contributed by atoms with E-state index in [1.54, 1.807) is 18.2 Å². The van der Waals surface area contributed by atoms with Crippen molar-refractivity contribution < 1.29 is 22.4 Å². The molecule has 0 aliphatic heterocycles. The molecule has 0 fully saturated rings. The van der Waals surface area contributed by atoms with Crippen molar-refractivity contribution in [1.82, 2.24) is 15.0 Å². The molecule has 4 aromatic rings. The van der Waals surface area contributed by atoms with Gasteiger partial charge in [0.1, 0.15) is 5.82 Å². The number of anilines is 1. The molecular formula is C21H14F4N4O. The molecule has 9 heteroatoms. The second-order valence-corrected chi connectivity index (χ2v) is 6.57. The van der Waals surface area contributed by atoms with Crippen molar-refractivity contribution in [3.05, 3.63) is 83.9 Å². The number of carbonyl (C=O) groups is 1. The quantitative estimate of drug-likeness (QED) is 0.450. The summed E-state index contributed by atoms with van der Waals surface area (Å²) in [5.74, 6) is -1.72. The fourth-order valence-electron chi connectivity index (χ4n) is 3.13. The second-order valence-electron chi connectivity index (χ2n) is 6.57. The number of hydrogen-bond acceptors (Lipinski definition) is 3. The van der Waals surface area contributed by atoms with E-state index in [9.17, 15) is 22.4 Å². The maximum atomic E-state index is 13.8. The average molecular weight is 414 g/mol. The predicted molar refractivity (Wildman–Crippen MR) is 103 cm³/mol. The molecule has 0 saturated heterocycles. The number of aromatic nitrogens is 3. The molecule has 3 aromatic carbocycles. The zero-order chi connectivity index (χ0) is 21.5. The molecule has 0 aliphatic rings. The summed E-state index contributed by atoms with van der Waals surface area (Å²) in [6.07, 6.45) is -4.94. The molecule has 0 N–H and O–H groups in total. The molecule has 0 unspecified atom stereocenters. The molecule has 0 bridgehead atoms. The van der Waals surface area contributed by atoms with Crippen molar-refractivity contribution in [2.24, 2.45) is 0 Å². The van der Waals surface area contributed by atoms with Crippen LogP contribution in [0.1, 0.15) is 16.2 Å². The molecule has 0 saturated carbocycles. The van der Waals surface area contributed by atoms with Gasteiger partial charge >= 0.3 is 6.18 Å². The summed E-state index contributed by atoms with van der Waals surface area (Å²) in [6, 6.07) is 16.9. The first-order valence-electron chi connectivity index (χ1n) is 8.81. The zero-order valence-corrected chi connectivity index (χ0v) is 15.6. The minimum Gasteiger partial charge on any atom is -0.310 e. The van der Waals surface area contributed by atoms with Gasteiger partial charge in [-0.25, -0.2) is 9.07 Å². The van der Waals surface area contributed by atoms with E-state index in [0.29, 0.717) is 10.4 Å². The molecule has 0 aliphatic carbocycles. The fraction of sp³-hybridized carbons (Fsp3) is 0.0952. The van der Waals surface area contributed by atoms with E-state index >= 15 is 0 Å². The van der Waals surface area contributed by atoms with Crippen molar-refractivity contribution in [2.45, 2.75) is 6.18 Å². The Morgan fingerprint density at radius 3 is 2.40 bits per heavy atom. The van der Waals surface area contributed by atoms with Crippen LogP contribution in [0.5, 0.6) is 0 Å². The molecule has 152 valence electrons. The number of alkyl halides is 3. The van der Waals surface area contributed by atoms with E-state index in [4.69, 9.17) is 0 Å². The summed E-state index contributed by atoms with van der Waals surface area (Å²) in [7, 11) is 1.35. The number of nitrogens with zero attached hydrogens (tertiary/aromatic N) is 4. The molecule has 5 nitrogen and oxygen atoms in total. The highest BCUT2D eigenvalue weighted by Crippen LogP contribution is 2.34. The molecule has 1 aromatic heterocycles. The Morgan fingerprint density at radius 1 is 0.967 bits per heavy atom. The molecular weight excluding hydrogens is 400 g/mol. The number of benzene rings is 3. The third-order valence-corrected chi connectivity index (χ3v) is 4.62. The van der Waals surface area contributed by atoms with Gasteiger partial charge < -0.3 is 4.90 Å². The Morgan fingerprint density at radius 2 is 1.70 bits per heavy atom. The topological polar surface area (TPSA) is 51.0 Å². The molecule has 0 radical (unpaired) electrons. The molecule has 30 heavy (non-hydrogen) atoms. The number of fused-ring (bicyclic) bond motifs is 1. The molecule has 0 spiro atoms. The van der Waals surface area contributed by atoms with Crippen LogP contribution < -0.4 is 4.90 Å². The van der Waals surface area contributed by atoms with Crippen LogP contribution in [-0.4, -0.2) is 27.9 Å². The first-order valence-corrected chi connectivity index (χ1v) is 8.81. The van der Waals surface area contributed by atoms with E-state index in [-0.39, 0.29) is 5.69 Å². The standard InChI is InChI=1S/C21H14F4N4O/c1-28(16-10-9-13-5-2-3-6-14(13)11-16)20(30)18-19(21(23,24)25)29(27-26-18)17-8-4-7-15(22)12-17/h2-12H,1H3. The van der Waals surface area contributed by atoms with Crippen molar-refractivity contribution in [3.8, 4) is 5.69 Å². The van der Waals surface area contributed by atoms with Crippen LogP contribution in [0.4, 0.5) is 23.2 Å². The monoisotopic (exact) mass is 414 g/mol. The zero-order valence-electron chi connectivity index (χ0n) is 15.6. The number of amides is 1. The minimum atomic E-state index is -4.94. The van der Waals surface area contributed by atoms with E-state index in [1.807, 2.05) is 24.3 Å². The number of rotatable bonds is 3. The van der Waals surface area contributed by atoms with Crippen LogP contribution in [0.2, 0.25) is 0 Å². The van der Waals surface area contributed by atoms with Gasteiger partial charge in [-0.3, -0.25) is 4.79 Å². The highest BCUT2D eigenvalue weighted by atomic mass is 19.4. The summed E-state index contributed by atoms with van der Waals surface area (Å²) in [6.45, 7) is 0. The Balaban J connectivity index is 1.78. The van der Waals surface area contributed by atoms with Crippen LogP contribution in [0.3, 0.4) is 0 Å². The third-order valence-electron chi connectivity index (χ3n) is 4.62. The summed E-state index contributed by atoms with van der Waals surface area (Å²) < 4.78 is 55.3. The lowest BCUT2D eigenvalue weighted by Crippen LogP contribution is -2.29. The van der Waals surface area contributed by atoms with Gasteiger partial charge in [0.25, 0.3) is 5.91 Å². The summed E-state index contributed by atoms with van der Waals surface area (Å²) >= 11 is 0. The van der Waals surface area contributed by atoms with Gasteiger partial charge in [0.2, 0.25) is 0 Å². The minimum absolute atomic E-state index is 0.192. The number of hydrogen-bond donors (Lipinski definition) is 0. The lowest BCUT2D eigenvalue weighted by Gasteiger charge is -2.18. The smallest absolute Gasteiger partial charge is 0.310 e. The third kappa shape index (κ3) is 3.49. The lowest BCUT2D eigenvalue weighted by molar-refractivity contribution is -0.143. The van der Waals surface area contributed by atoms with Crippen molar-refractivity contribution in [3.63, 3.8) is 0 Å². The maximum absolute atomic E-state index is 13.8. The van der Waals surface area contributed by atoms with Gasteiger partial charge in [-0.2, -0.15) is 13.2 Å². The van der Waals surface area contributed by atoms with Gasteiger partial charge in [-0.15, -0.1) is 5.10 Å². The van der Waals surface area contributed by atoms with Crippen molar-refractivity contribution >= 4 is 22.4 Å². The summed E-state index contributed by atoms with van der Waals surface area (Å²) in [4.78, 5) is 14.0. The van der Waals surface area contributed by atoms with Crippen LogP contribution >= 0.6 is 0 Å². The lowest BCUT2D eigenvalue weighted by atomic mass is 10.1.